The van der Waals surface area contributed by atoms with Crippen molar-refractivity contribution in [3.8, 4) is 5.75 Å². The van der Waals surface area contributed by atoms with Gasteiger partial charge in [0, 0.05) is 12.3 Å². The van der Waals surface area contributed by atoms with Crippen LogP contribution >= 0.6 is 0 Å². The second kappa shape index (κ2) is 4.28. The highest BCUT2D eigenvalue weighted by atomic mass is 16.5. The van der Waals surface area contributed by atoms with E-state index in [1.54, 1.807) is 12.3 Å². The summed E-state index contributed by atoms with van der Waals surface area (Å²) in [6.07, 6.45) is 2.61. The topological polar surface area (TPSA) is 60.2 Å². The van der Waals surface area contributed by atoms with E-state index in [0.29, 0.717) is 5.82 Å². The van der Waals surface area contributed by atoms with Crippen molar-refractivity contribution in [1.29, 1.82) is 0 Å². The quantitative estimate of drug-likeness (QED) is 0.569. The number of ether oxygens (including phenoxy) is 1. The number of nitrogens with two attached hydrogens (primary N) is 1. The molecular formula is C10H17N3O. The zero-order valence-corrected chi connectivity index (χ0v) is 8.87. The van der Waals surface area contributed by atoms with E-state index in [4.69, 9.17) is 10.6 Å². The maximum atomic E-state index is 5.76. The van der Waals surface area contributed by atoms with Crippen LogP contribution in [0, 0.1) is 0 Å². The SMILES string of the molecule is CCC(C)(C)Oc1ccnc(NN)c1. The molecule has 14 heavy (non-hydrogen) atoms. The van der Waals surface area contributed by atoms with Gasteiger partial charge in [0.05, 0.1) is 0 Å². The Balaban J connectivity index is 2.76. The summed E-state index contributed by atoms with van der Waals surface area (Å²) in [5.74, 6) is 6.63. The molecule has 1 heterocycles. The molecule has 0 fully saturated rings. The van der Waals surface area contributed by atoms with Crippen molar-refractivity contribution in [1.82, 2.24) is 4.98 Å². The number of pyridine rings is 1. The summed E-state index contributed by atoms with van der Waals surface area (Å²) in [6, 6.07) is 3.59. The van der Waals surface area contributed by atoms with Crippen LogP contribution in [0.4, 0.5) is 5.82 Å². The fourth-order valence-electron chi connectivity index (χ4n) is 0.945. The Kier molecular flexibility index (Phi) is 3.30. The Morgan fingerprint density at radius 3 is 2.86 bits per heavy atom. The first-order valence-corrected chi connectivity index (χ1v) is 4.69. The van der Waals surface area contributed by atoms with E-state index in [2.05, 4.69) is 17.3 Å². The van der Waals surface area contributed by atoms with Crippen molar-refractivity contribution in [2.24, 2.45) is 5.84 Å². The summed E-state index contributed by atoms with van der Waals surface area (Å²) in [6.45, 7) is 6.18. The molecule has 0 saturated carbocycles. The van der Waals surface area contributed by atoms with Crippen molar-refractivity contribution in [2.45, 2.75) is 32.8 Å². The molecule has 3 N–H and O–H groups in total. The highest BCUT2D eigenvalue weighted by molar-refractivity contribution is 5.39. The lowest BCUT2D eigenvalue weighted by atomic mass is 10.1. The van der Waals surface area contributed by atoms with E-state index < -0.39 is 0 Å². The van der Waals surface area contributed by atoms with Gasteiger partial charge in [-0.2, -0.15) is 0 Å². The molecule has 78 valence electrons. The number of rotatable bonds is 4. The Bertz CT molecular complexity index is 299. The monoisotopic (exact) mass is 195 g/mol. The molecule has 0 amide bonds. The van der Waals surface area contributed by atoms with Crippen LogP contribution in [0.15, 0.2) is 18.3 Å². The van der Waals surface area contributed by atoms with Gasteiger partial charge in [-0.1, -0.05) is 6.92 Å². The lowest BCUT2D eigenvalue weighted by molar-refractivity contribution is 0.105. The van der Waals surface area contributed by atoms with Gasteiger partial charge < -0.3 is 10.2 Å². The van der Waals surface area contributed by atoms with Gasteiger partial charge in [0.1, 0.15) is 17.2 Å². The minimum Gasteiger partial charge on any atom is -0.488 e. The Morgan fingerprint density at radius 2 is 2.29 bits per heavy atom. The summed E-state index contributed by atoms with van der Waals surface area (Å²) in [7, 11) is 0. The Hall–Kier alpha value is -1.29. The van der Waals surface area contributed by atoms with Crippen LogP contribution in [-0.4, -0.2) is 10.6 Å². The standard InChI is InChI=1S/C10H17N3O/c1-4-10(2,3)14-8-5-6-12-9(7-8)13-11/h5-7H,4,11H2,1-3H3,(H,12,13). The summed E-state index contributed by atoms with van der Waals surface area (Å²) >= 11 is 0. The molecule has 0 aliphatic carbocycles. The smallest absolute Gasteiger partial charge is 0.143 e. The number of nitrogens with zero attached hydrogens (tertiary/aromatic N) is 1. The number of hydrazine groups is 1. The first-order chi connectivity index (χ1) is 6.57. The predicted molar refractivity (Wildman–Crippen MR) is 57.0 cm³/mol. The van der Waals surface area contributed by atoms with Crippen molar-refractivity contribution in [3.63, 3.8) is 0 Å². The molecule has 1 rings (SSSR count). The minimum absolute atomic E-state index is 0.160. The fraction of sp³-hybridized carbons (Fsp3) is 0.500. The normalized spacial score (nSPS) is 11.1. The molecule has 4 nitrogen and oxygen atoms in total. The van der Waals surface area contributed by atoms with Crippen molar-refractivity contribution in [2.75, 3.05) is 5.43 Å². The largest absolute Gasteiger partial charge is 0.488 e. The van der Waals surface area contributed by atoms with E-state index in [0.717, 1.165) is 12.2 Å². The Morgan fingerprint density at radius 1 is 1.57 bits per heavy atom. The average Bonchev–Trinajstić information content (AvgIpc) is 2.17. The summed E-state index contributed by atoms with van der Waals surface area (Å²) in [5, 5.41) is 0. The zero-order valence-electron chi connectivity index (χ0n) is 8.87. The van der Waals surface area contributed by atoms with Gasteiger partial charge in [-0.05, 0) is 26.3 Å². The van der Waals surface area contributed by atoms with Gasteiger partial charge in [0.2, 0.25) is 0 Å². The molecule has 0 aliphatic heterocycles. The van der Waals surface area contributed by atoms with Gasteiger partial charge in [-0.25, -0.2) is 10.8 Å². The second-order valence-corrected chi connectivity index (χ2v) is 3.74. The average molecular weight is 195 g/mol. The molecule has 0 saturated heterocycles. The highest BCUT2D eigenvalue weighted by Crippen LogP contribution is 2.21. The maximum Gasteiger partial charge on any atom is 0.143 e. The van der Waals surface area contributed by atoms with E-state index in [-0.39, 0.29) is 5.60 Å². The van der Waals surface area contributed by atoms with Gasteiger partial charge >= 0.3 is 0 Å². The van der Waals surface area contributed by atoms with Crippen LogP contribution in [0.1, 0.15) is 27.2 Å². The number of hydrogen-bond donors (Lipinski definition) is 2. The zero-order chi connectivity index (χ0) is 10.6. The predicted octanol–water partition coefficient (Wildman–Crippen LogP) is 1.93. The highest BCUT2D eigenvalue weighted by Gasteiger charge is 2.16. The van der Waals surface area contributed by atoms with Crippen LogP contribution in [0.3, 0.4) is 0 Å². The molecule has 0 aliphatic rings. The van der Waals surface area contributed by atoms with Crippen LogP contribution in [0.5, 0.6) is 5.75 Å². The molecule has 1 aromatic rings. The van der Waals surface area contributed by atoms with Crippen LogP contribution in [0.25, 0.3) is 0 Å². The molecular weight excluding hydrogens is 178 g/mol. The number of aromatic nitrogens is 1. The Labute approximate surface area is 84.4 Å². The van der Waals surface area contributed by atoms with Gasteiger partial charge in [-0.15, -0.1) is 0 Å². The number of nitrogens with one attached hydrogen (secondary N) is 1. The van der Waals surface area contributed by atoms with E-state index in [9.17, 15) is 0 Å². The van der Waals surface area contributed by atoms with Gasteiger partial charge in [0.25, 0.3) is 0 Å². The first-order valence-electron chi connectivity index (χ1n) is 4.69. The number of nitrogen functional groups attached to an aromatic ring is 1. The van der Waals surface area contributed by atoms with Crippen molar-refractivity contribution >= 4 is 5.82 Å². The van der Waals surface area contributed by atoms with Crippen LogP contribution < -0.4 is 16.0 Å². The molecule has 4 heteroatoms. The van der Waals surface area contributed by atoms with E-state index >= 15 is 0 Å². The maximum absolute atomic E-state index is 5.76. The minimum atomic E-state index is -0.160. The molecule has 0 atom stereocenters. The lowest BCUT2D eigenvalue weighted by Gasteiger charge is -2.24. The number of anilines is 1. The molecule has 1 aromatic heterocycles. The van der Waals surface area contributed by atoms with Crippen LogP contribution in [0.2, 0.25) is 0 Å². The van der Waals surface area contributed by atoms with E-state index in [1.807, 2.05) is 19.9 Å². The molecule has 0 unspecified atom stereocenters. The second-order valence-electron chi connectivity index (χ2n) is 3.74. The number of hydrogen-bond acceptors (Lipinski definition) is 4. The molecule has 0 bridgehead atoms. The van der Waals surface area contributed by atoms with Crippen LogP contribution in [-0.2, 0) is 0 Å². The molecule has 0 radical (unpaired) electrons. The summed E-state index contributed by atoms with van der Waals surface area (Å²) < 4.78 is 5.76. The molecule has 0 aromatic carbocycles. The third kappa shape index (κ3) is 2.88. The fourth-order valence-corrected chi connectivity index (χ4v) is 0.945. The van der Waals surface area contributed by atoms with E-state index in [1.165, 1.54) is 0 Å². The van der Waals surface area contributed by atoms with Gasteiger partial charge in [-0.3, -0.25) is 0 Å². The summed E-state index contributed by atoms with van der Waals surface area (Å²) in [5.41, 5.74) is 2.32. The summed E-state index contributed by atoms with van der Waals surface area (Å²) in [4.78, 5) is 4.00. The first kappa shape index (κ1) is 10.8. The van der Waals surface area contributed by atoms with Gasteiger partial charge in [0.15, 0.2) is 0 Å². The van der Waals surface area contributed by atoms with Crippen molar-refractivity contribution in [3.05, 3.63) is 18.3 Å². The molecule has 0 spiro atoms. The lowest BCUT2D eigenvalue weighted by Crippen LogP contribution is -2.26. The third-order valence-electron chi connectivity index (χ3n) is 2.12. The third-order valence-corrected chi connectivity index (χ3v) is 2.12. The van der Waals surface area contributed by atoms with Crippen molar-refractivity contribution < 1.29 is 4.74 Å².